The molecule has 4 rings (SSSR count). The van der Waals surface area contributed by atoms with Gasteiger partial charge in [-0.15, -0.1) is 5.10 Å². The highest BCUT2D eigenvalue weighted by Gasteiger charge is 2.30. The quantitative estimate of drug-likeness (QED) is 0.606. The molecule has 0 bridgehead atoms. The maximum atomic E-state index is 12.2. The molecular formula is C20H19ClN4OS. The number of thioether (sulfide) groups is 1. The Morgan fingerprint density at radius 3 is 2.63 bits per heavy atom. The molecule has 0 unspecified atom stereocenters. The predicted molar refractivity (Wildman–Crippen MR) is 107 cm³/mol. The zero-order valence-electron chi connectivity index (χ0n) is 14.6. The fourth-order valence-electron chi connectivity index (χ4n) is 2.75. The lowest BCUT2D eigenvalue weighted by molar-refractivity contribution is -0.118. The van der Waals surface area contributed by atoms with E-state index in [-0.39, 0.29) is 11.7 Å². The van der Waals surface area contributed by atoms with Crippen LogP contribution in [0.2, 0.25) is 5.02 Å². The fourth-order valence-corrected chi connectivity index (χ4v) is 3.61. The van der Waals surface area contributed by atoms with Crippen LogP contribution >= 0.6 is 23.4 Å². The van der Waals surface area contributed by atoms with Gasteiger partial charge in [-0.1, -0.05) is 59.8 Å². The normalized spacial score (nSPS) is 13.5. The van der Waals surface area contributed by atoms with E-state index in [2.05, 4.69) is 15.4 Å². The van der Waals surface area contributed by atoms with Crippen LogP contribution in [0.15, 0.2) is 59.8 Å². The number of hydrogen-bond acceptors (Lipinski definition) is 4. The predicted octanol–water partition coefficient (Wildman–Crippen LogP) is 4.21. The molecule has 5 nitrogen and oxygen atoms in total. The van der Waals surface area contributed by atoms with Gasteiger partial charge in [0, 0.05) is 17.5 Å². The topological polar surface area (TPSA) is 59.8 Å². The van der Waals surface area contributed by atoms with E-state index in [0.717, 1.165) is 29.9 Å². The Hall–Kier alpha value is -2.31. The molecule has 1 aliphatic rings. The molecule has 0 spiro atoms. The van der Waals surface area contributed by atoms with Crippen LogP contribution in [0.1, 0.15) is 30.1 Å². The van der Waals surface area contributed by atoms with E-state index >= 15 is 0 Å². The molecule has 0 atom stereocenters. The Morgan fingerprint density at radius 2 is 1.89 bits per heavy atom. The van der Waals surface area contributed by atoms with Crippen molar-refractivity contribution in [1.82, 2.24) is 20.1 Å². The van der Waals surface area contributed by atoms with Gasteiger partial charge in [-0.3, -0.25) is 4.79 Å². The molecule has 1 saturated carbocycles. The smallest absolute Gasteiger partial charge is 0.230 e. The second-order valence-electron chi connectivity index (χ2n) is 6.43. The zero-order chi connectivity index (χ0) is 18.6. The van der Waals surface area contributed by atoms with Gasteiger partial charge < -0.3 is 5.32 Å². The molecule has 1 aromatic heterocycles. The number of hydrogen-bond donors (Lipinski definition) is 1. The largest absolute Gasteiger partial charge is 0.351 e. The van der Waals surface area contributed by atoms with E-state index in [1.165, 1.54) is 11.8 Å². The summed E-state index contributed by atoms with van der Waals surface area (Å²) in [4.78, 5) is 16.8. The minimum absolute atomic E-state index is 0.0658. The van der Waals surface area contributed by atoms with Crippen LogP contribution in [-0.2, 0) is 11.3 Å². The van der Waals surface area contributed by atoms with Gasteiger partial charge in [-0.2, -0.15) is 0 Å². The Kier molecular flexibility index (Phi) is 5.45. The Labute approximate surface area is 167 Å². The molecule has 0 aliphatic heterocycles. The van der Waals surface area contributed by atoms with Crippen LogP contribution in [0.25, 0.3) is 5.69 Å². The van der Waals surface area contributed by atoms with Crippen LogP contribution in [0.3, 0.4) is 0 Å². The van der Waals surface area contributed by atoms with E-state index in [1.807, 2.05) is 59.3 Å². The highest BCUT2D eigenvalue weighted by molar-refractivity contribution is 7.99. The van der Waals surface area contributed by atoms with Gasteiger partial charge in [0.05, 0.1) is 11.4 Å². The van der Waals surface area contributed by atoms with Gasteiger partial charge in [-0.05, 0) is 36.6 Å². The van der Waals surface area contributed by atoms with Crippen LogP contribution in [0.4, 0.5) is 0 Å². The molecule has 27 heavy (non-hydrogen) atoms. The number of halogens is 1. The van der Waals surface area contributed by atoms with E-state index in [4.69, 9.17) is 11.6 Å². The second-order valence-corrected chi connectivity index (χ2v) is 7.78. The molecular weight excluding hydrogens is 380 g/mol. The first-order chi connectivity index (χ1) is 13.2. The number of rotatable bonds is 7. The third-order valence-electron chi connectivity index (χ3n) is 4.32. The highest BCUT2D eigenvalue weighted by atomic mass is 35.5. The molecule has 0 saturated heterocycles. The first kappa shape index (κ1) is 18.1. The lowest BCUT2D eigenvalue weighted by atomic mass is 10.2. The highest BCUT2D eigenvalue weighted by Crippen LogP contribution is 2.40. The maximum absolute atomic E-state index is 12.2. The Bertz CT molecular complexity index is 940. The summed E-state index contributed by atoms with van der Waals surface area (Å²) in [6.45, 7) is 0.415. The van der Waals surface area contributed by atoms with Gasteiger partial charge in [0.25, 0.3) is 0 Å². The van der Waals surface area contributed by atoms with Gasteiger partial charge >= 0.3 is 0 Å². The number of carbonyl (C=O) groups is 1. The molecule has 138 valence electrons. The summed E-state index contributed by atoms with van der Waals surface area (Å²) in [7, 11) is 0. The van der Waals surface area contributed by atoms with Crippen molar-refractivity contribution in [2.24, 2.45) is 0 Å². The third kappa shape index (κ3) is 4.51. The summed E-state index contributed by atoms with van der Waals surface area (Å²) in [6.07, 6.45) is 2.29. The zero-order valence-corrected chi connectivity index (χ0v) is 16.2. The Balaban J connectivity index is 1.38. The van der Waals surface area contributed by atoms with E-state index in [9.17, 15) is 4.79 Å². The minimum Gasteiger partial charge on any atom is -0.351 e. The molecule has 2 aromatic carbocycles. The van der Waals surface area contributed by atoms with Crippen LogP contribution in [0, 0.1) is 0 Å². The number of nitrogens with one attached hydrogen (secondary N) is 1. The monoisotopic (exact) mass is 398 g/mol. The van der Waals surface area contributed by atoms with Crippen molar-refractivity contribution in [1.29, 1.82) is 0 Å². The first-order valence-electron chi connectivity index (χ1n) is 8.86. The van der Waals surface area contributed by atoms with Crippen molar-refractivity contribution in [3.05, 3.63) is 71.0 Å². The van der Waals surface area contributed by atoms with Crippen molar-refractivity contribution in [2.45, 2.75) is 30.5 Å². The summed E-state index contributed by atoms with van der Waals surface area (Å²) < 4.78 is 1.90. The Morgan fingerprint density at radius 1 is 1.15 bits per heavy atom. The number of amides is 1. The lowest BCUT2D eigenvalue weighted by Gasteiger charge is -2.06. The van der Waals surface area contributed by atoms with Gasteiger partial charge in [0.1, 0.15) is 5.82 Å². The SMILES string of the molecule is O=C(CSc1nc(C2CC2)n(-c2ccccc2)n1)NCc1ccccc1Cl. The number of benzene rings is 2. The minimum atomic E-state index is -0.0658. The fraction of sp³-hybridized carbons (Fsp3) is 0.250. The van der Waals surface area contributed by atoms with E-state index < -0.39 is 0 Å². The maximum Gasteiger partial charge on any atom is 0.230 e. The average Bonchev–Trinajstić information content (AvgIpc) is 3.46. The number of carbonyl (C=O) groups excluding carboxylic acids is 1. The van der Waals surface area contributed by atoms with Gasteiger partial charge in [-0.25, -0.2) is 9.67 Å². The van der Waals surface area contributed by atoms with Gasteiger partial charge in [0.2, 0.25) is 11.1 Å². The van der Waals surface area contributed by atoms with Crippen LogP contribution in [0.5, 0.6) is 0 Å². The summed E-state index contributed by atoms with van der Waals surface area (Å²) >= 11 is 7.47. The molecule has 1 heterocycles. The lowest BCUT2D eigenvalue weighted by Crippen LogP contribution is -2.24. The average molecular weight is 399 g/mol. The van der Waals surface area contributed by atoms with Crippen LogP contribution in [-0.4, -0.2) is 26.4 Å². The van der Waals surface area contributed by atoms with Gasteiger partial charge in [0.15, 0.2) is 0 Å². The molecule has 0 radical (unpaired) electrons. The van der Waals surface area contributed by atoms with E-state index in [0.29, 0.717) is 22.6 Å². The molecule has 1 aliphatic carbocycles. The van der Waals surface area contributed by atoms with Crippen molar-refractivity contribution >= 4 is 29.3 Å². The van der Waals surface area contributed by atoms with Crippen molar-refractivity contribution in [2.75, 3.05) is 5.75 Å². The van der Waals surface area contributed by atoms with Crippen LogP contribution < -0.4 is 5.32 Å². The van der Waals surface area contributed by atoms with Crippen molar-refractivity contribution < 1.29 is 4.79 Å². The summed E-state index contributed by atoms with van der Waals surface area (Å²) in [5, 5.41) is 8.79. The van der Waals surface area contributed by atoms with Crippen molar-refractivity contribution in [3.8, 4) is 5.69 Å². The summed E-state index contributed by atoms with van der Waals surface area (Å²) in [6, 6.07) is 17.5. The molecule has 1 N–H and O–H groups in total. The molecule has 3 aromatic rings. The summed E-state index contributed by atoms with van der Waals surface area (Å²) in [5.74, 6) is 1.66. The number of nitrogens with zero attached hydrogens (tertiary/aromatic N) is 3. The number of para-hydroxylation sites is 1. The first-order valence-corrected chi connectivity index (χ1v) is 10.2. The van der Waals surface area contributed by atoms with E-state index in [1.54, 1.807) is 0 Å². The summed E-state index contributed by atoms with van der Waals surface area (Å²) in [5.41, 5.74) is 1.90. The molecule has 7 heteroatoms. The molecule has 1 amide bonds. The third-order valence-corrected chi connectivity index (χ3v) is 5.53. The van der Waals surface area contributed by atoms with Crippen molar-refractivity contribution in [3.63, 3.8) is 0 Å². The standard InChI is InChI=1S/C20H19ClN4OS/c21-17-9-5-4-6-15(17)12-22-18(26)13-27-20-23-19(14-10-11-14)25(24-20)16-7-2-1-3-8-16/h1-9,14H,10-13H2,(H,22,26). The number of aromatic nitrogens is 3. The second kappa shape index (κ2) is 8.15. The molecule has 1 fully saturated rings.